The topological polar surface area (TPSA) is 116 Å². The standard InChI is InChI=1S/C15H19N3O5/c1-2-23-15(20)12-9-11(18(21)22)3-4-13(12)17-7-5-10(6-8-17)14(16)19/h3-4,9-10H,2,5-8H2,1H3,(H2,16,19). The van der Waals surface area contributed by atoms with Crippen molar-refractivity contribution in [3.05, 3.63) is 33.9 Å². The van der Waals surface area contributed by atoms with Crippen molar-refractivity contribution in [1.82, 2.24) is 0 Å². The lowest BCUT2D eigenvalue weighted by atomic mass is 9.95. The molecule has 2 N–H and O–H groups in total. The molecule has 0 spiro atoms. The number of non-ortho nitro benzene ring substituents is 1. The average molecular weight is 321 g/mol. The highest BCUT2D eigenvalue weighted by Gasteiger charge is 2.27. The fraction of sp³-hybridized carbons (Fsp3) is 0.467. The zero-order valence-corrected chi connectivity index (χ0v) is 12.9. The monoisotopic (exact) mass is 321 g/mol. The van der Waals surface area contributed by atoms with Crippen molar-refractivity contribution < 1.29 is 19.2 Å². The molecule has 0 saturated carbocycles. The molecule has 0 bridgehead atoms. The van der Waals surface area contributed by atoms with Crippen molar-refractivity contribution in [2.45, 2.75) is 19.8 Å². The van der Waals surface area contributed by atoms with Gasteiger partial charge in [-0.2, -0.15) is 0 Å². The number of hydrogen-bond donors (Lipinski definition) is 1. The first-order chi connectivity index (χ1) is 10.9. The van der Waals surface area contributed by atoms with Gasteiger partial charge in [-0.25, -0.2) is 4.79 Å². The molecule has 0 aliphatic carbocycles. The number of amides is 1. The second-order valence-electron chi connectivity index (χ2n) is 5.34. The minimum Gasteiger partial charge on any atom is -0.462 e. The number of nitro groups is 1. The van der Waals surface area contributed by atoms with Gasteiger partial charge in [0.2, 0.25) is 5.91 Å². The molecule has 1 aromatic carbocycles. The first-order valence-electron chi connectivity index (χ1n) is 7.43. The van der Waals surface area contributed by atoms with Crippen molar-refractivity contribution in [2.75, 3.05) is 24.6 Å². The summed E-state index contributed by atoms with van der Waals surface area (Å²) in [5.41, 5.74) is 5.90. The maximum absolute atomic E-state index is 12.1. The molecule has 0 atom stereocenters. The van der Waals surface area contributed by atoms with Crippen LogP contribution < -0.4 is 10.6 Å². The van der Waals surface area contributed by atoms with Crippen LogP contribution in [0.4, 0.5) is 11.4 Å². The molecule has 0 unspecified atom stereocenters. The molecular formula is C15H19N3O5. The summed E-state index contributed by atoms with van der Waals surface area (Å²) in [7, 11) is 0. The van der Waals surface area contributed by atoms with Crippen molar-refractivity contribution >= 4 is 23.3 Å². The maximum atomic E-state index is 12.1. The van der Waals surface area contributed by atoms with Crippen LogP contribution in [0.3, 0.4) is 0 Å². The number of nitro benzene ring substituents is 1. The number of carbonyl (C=O) groups excluding carboxylic acids is 2. The number of benzene rings is 1. The summed E-state index contributed by atoms with van der Waals surface area (Å²) in [5.74, 6) is -1.09. The van der Waals surface area contributed by atoms with E-state index in [4.69, 9.17) is 10.5 Å². The van der Waals surface area contributed by atoms with Crippen LogP contribution >= 0.6 is 0 Å². The van der Waals surface area contributed by atoms with Gasteiger partial charge >= 0.3 is 5.97 Å². The SMILES string of the molecule is CCOC(=O)c1cc([N+](=O)[O-])ccc1N1CCC(C(N)=O)CC1. The summed E-state index contributed by atoms with van der Waals surface area (Å²) in [6, 6.07) is 4.14. The van der Waals surface area contributed by atoms with Gasteiger partial charge in [0, 0.05) is 31.1 Å². The zero-order valence-electron chi connectivity index (χ0n) is 12.9. The molecule has 1 saturated heterocycles. The Balaban J connectivity index is 2.29. The number of nitrogens with zero attached hydrogens (tertiary/aromatic N) is 2. The lowest BCUT2D eigenvalue weighted by molar-refractivity contribution is -0.384. The van der Waals surface area contributed by atoms with Gasteiger partial charge in [0.25, 0.3) is 5.69 Å². The molecule has 23 heavy (non-hydrogen) atoms. The van der Waals surface area contributed by atoms with E-state index in [2.05, 4.69) is 0 Å². The molecular weight excluding hydrogens is 302 g/mol. The average Bonchev–Trinajstić information content (AvgIpc) is 2.54. The molecule has 124 valence electrons. The Morgan fingerprint density at radius 3 is 2.57 bits per heavy atom. The van der Waals surface area contributed by atoms with E-state index in [1.54, 1.807) is 13.0 Å². The summed E-state index contributed by atoms with van der Waals surface area (Å²) in [6.07, 6.45) is 1.18. The normalized spacial score (nSPS) is 15.3. The number of hydrogen-bond acceptors (Lipinski definition) is 6. The van der Waals surface area contributed by atoms with E-state index in [0.29, 0.717) is 31.6 Å². The Morgan fingerprint density at radius 2 is 2.04 bits per heavy atom. The molecule has 8 nitrogen and oxygen atoms in total. The minimum absolute atomic E-state index is 0.163. The number of primary amides is 1. The Labute approximate surface area is 133 Å². The smallest absolute Gasteiger partial charge is 0.340 e. The van der Waals surface area contributed by atoms with E-state index in [1.165, 1.54) is 12.1 Å². The summed E-state index contributed by atoms with van der Waals surface area (Å²) >= 11 is 0. The number of nitrogens with two attached hydrogens (primary N) is 1. The summed E-state index contributed by atoms with van der Waals surface area (Å²) < 4.78 is 4.99. The van der Waals surface area contributed by atoms with E-state index in [1.807, 2.05) is 4.90 Å². The van der Waals surface area contributed by atoms with E-state index < -0.39 is 10.9 Å². The van der Waals surface area contributed by atoms with Crippen LogP contribution in [0.5, 0.6) is 0 Å². The van der Waals surface area contributed by atoms with Gasteiger partial charge in [-0.1, -0.05) is 0 Å². The van der Waals surface area contributed by atoms with E-state index in [-0.39, 0.29) is 29.7 Å². The zero-order chi connectivity index (χ0) is 17.0. The minimum atomic E-state index is -0.594. The molecule has 0 aromatic heterocycles. The molecule has 1 amide bonds. The van der Waals surface area contributed by atoms with E-state index >= 15 is 0 Å². The van der Waals surface area contributed by atoms with Crippen LogP contribution in [0.2, 0.25) is 0 Å². The van der Waals surface area contributed by atoms with Crippen LogP contribution in [0.1, 0.15) is 30.1 Å². The number of ether oxygens (including phenoxy) is 1. The van der Waals surface area contributed by atoms with E-state index in [9.17, 15) is 19.7 Å². The third kappa shape index (κ3) is 3.77. The van der Waals surface area contributed by atoms with Crippen molar-refractivity contribution in [3.63, 3.8) is 0 Å². The first-order valence-corrected chi connectivity index (χ1v) is 7.43. The van der Waals surface area contributed by atoms with Crippen LogP contribution in [-0.4, -0.2) is 36.5 Å². The Hall–Kier alpha value is -2.64. The molecule has 1 fully saturated rings. The summed E-state index contributed by atoms with van der Waals surface area (Å²) in [5, 5.41) is 10.9. The highest BCUT2D eigenvalue weighted by molar-refractivity contribution is 5.96. The fourth-order valence-electron chi connectivity index (χ4n) is 2.69. The first kappa shape index (κ1) is 16.7. The molecule has 1 heterocycles. The van der Waals surface area contributed by atoms with Crippen molar-refractivity contribution in [3.8, 4) is 0 Å². The van der Waals surface area contributed by atoms with Gasteiger partial charge < -0.3 is 15.4 Å². The van der Waals surface area contributed by atoms with Crippen LogP contribution in [0, 0.1) is 16.0 Å². The Kier molecular flexibility index (Phi) is 5.15. The summed E-state index contributed by atoms with van der Waals surface area (Å²) in [4.78, 5) is 35.6. The van der Waals surface area contributed by atoms with Gasteiger partial charge in [-0.05, 0) is 25.8 Å². The van der Waals surface area contributed by atoms with E-state index in [0.717, 1.165) is 0 Å². The van der Waals surface area contributed by atoms with Gasteiger partial charge in [-0.15, -0.1) is 0 Å². The van der Waals surface area contributed by atoms with Crippen LogP contribution in [0.15, 0.2) is 18.2 Å². The third-order valence-electron chi connectivity index (χ3n) is 3.92. The number of carbonyl (C=O) groups is 2. The second kappa shape index (κ2) is 7.08. The molecule has 8 heteroatoms. The fourth-order valence-corrected chi connectivity index (χ4v) is 2.69. The Morgan fingerprint density at radius 1 is 1.39 bits per heavy atom. The van der Waals surface area contributed by atoms with Gasteiger partial charge in [0.1, 0.15) is 0 Å². The number of rotatable bonds is 5. The largest absolute Gasteiger partial charge is 0.462 e. The van der Waals surface area contributed by atoms with Gasteiger partial charge in [0.15, 0.2) is 0 Å². The third-order valence-corrected chi connectivity index (χ3v) is 3.92. The highest BCUT2D eigenvalue weighted by atomic mass is 16.6. The van der Waals surface area contributed by atoms with Crippen molar-refractivity contribution in [1.29, 1.82) is 0 Å². The molecule has 1 aromatic rings. The lowest BCUT2D eigenvalue weighted by Gasteiger charge is -2.33. The highest BCUT2D eigenvalue weighted by Crippen LogP contribution is 2.29. The maximum Gasteiger partial charge on any atom is 0.340 e. The molecule has 2 rings (SSSR count). The molecule has 0 radical (unpaired) electrons. The second-order valence-corrected chi connectivity index (χ2v) is 5.34. The van der Waals surface area contributed by atoms with Gasteiger partial charge in [-0.3, -0.25) is 14.9 Å². The number of anilines is 1. The molecule has 1 aliphatic heterocycles. The van der Waals surface area contributed by atoms with Crippen molar-refractivity contribution in [2.24, 2.45) is 11.7 Å². The predicted molar refractivity (Wildman–Crippen MR) is 83.2 cm³/mol. The quantitative estimate of drug-likeness (QED) is 0.499. The number of esters is 1. The predicted octanol–water partition coefficient (Wildman–Crippen LogP) is 1.47. The lowest BCUT2D eigenvalue weighted by Crippen LogP contribution is -2.39. The Bertz CT molecular complexity index is 624. The number of piperidine rings is 1. The van der Waals surface area contributed by atoms with Crippen LogP contribution in [0.25, 0.3) is 0 Å². The van der Waals surface area contributed by atoms with Gasteiger partial charge in [0.05, 0.1) is 22.8 Å². The molecule has 1 aliphatic rings. The summed E-state index contributed by atoms with van der Waals surface area (Å²) in [6.45, 7) is 2.97. The van der Waals surface area contributed by atoms with Crippen LogP contribution in [-0.2, 0) is 9.53 Å².